The van der Waals surface area contributed by atoms with Crippen LogP contribution in [0.1, 0.15) is 31.1 Å². The second-order valence-electron chi connectivity index (χ2n) is 6.48. The lowest BCUT2D eigenvalue weighted by molar-refractivity contribution is 0.150. The average Bonchev–Trinajstić information content (AvgIpc) is 2.92. The van der Waals surface area contributed by atoms with Crippen LogP contribution in [0.5, 0.6) is 0 Å². The molecule has 4 rings (SSSR count). The second-order valence-corrected chi connectivity index (χ2v) is 10.6. The van der Waals surface area contributed by atoms with Gasteiger partial charge in [0.25, 0.3) is 0 Å². The van der Waals surface area contributed by atoms with Crippen molar-refractivity contribution in [1.82, 2.24) is 0 Å². The Kier molecular flexibility index (Phi) is 3.20. The van der Waals surface area contributed by atoms with Crippen molar-refractivity contribution in [3.05, 3.63) is 77.4 Å². The van der Waals surface area contributed by atoms with Crippen molar-refractivity contribution < 1.29 is 4.52 Å². The highest BCUT2D eigenvalue weighted by Crippen LogP contribution is 2.80. The van der Waals surface area contributed by atoms with E-state index in [1.165, 1.54) is 22.0 Å². The van der Waals surface area contributed by atoms with Crippen LogP contribution in [0.25, 0.3) is 5.31 Å². The molecule has 3 heteroatoms. The summed E-state index contributed by atoms with van der Waals surface area (Å²) in [5.41, 5.74) is 3.96. The minimum Gasteiger partial charge on any atom is -0.337 e. The van der Waals surface area contributed by atoms with Crippen LogP contribution in [0, 0.1) is 5.41 Å². The summed E-state index contributed by atoms with van der Waals surface area (Å²) in [6.07, 6.45) is -0.844. The SMILES string of the molecule is CC1=C(c2ccccc2)P2(=S)C[C@@]1(C)[C@H](c1ccccc1)O2. The molecule has 0 radical (unpaired) electrons. The maximum Gasteiger partial charge on any atom is 0.0976 e. The molecule has 1 unspecified atom stereocenters. The lowest BCUT2D eigenvalue weighted by Crippen LogP contribution is -2.24. The molecule has 2 bridgehead atoms. The summed E-state index contributed by atoms with van der Waals surface area (Å²) >= 11 is 6.07. The predicted octanol–water partition coefficient (Wildman–Crippen LogP) is 5.60. The third-order valence-corrected chi connectivity index (χ3v) is 9.19. The quantitative estimate of drug-likeness (QED) is 0.664. The van der Waals surface area contributed by atoms with E-state index in [-0.39, 0.29) is 11.5 Å². The zero-order chi connectivity index (χ0) is 15.4. The molecule has 22 heavy (non-hydrogen) atoms. The first-order chi connectivity index (χ1) is 10.5. The number of rotatable bonds is 2. The summed E-state index contributed by atoms with van der Waals surface area (Å²) in [5, 5.41) is 1.32. The van der Waals surface area contributed by atoms with E-state index in [4.69, 9.17) is 16.3 Å². The van der Waals surface area contributed by atoms with E-state index >= 15 is 0 Å². The van der Waals surface area contributed by atoms with Crippen molar-refractivity contribution in [2.45, 2.75) is 20.0 Å². The smallest absolute Gasteiger partial charge is 0.0976 e. The van der Waals surface area contributed by atoms with Crippen molar-refractivity contribution in [2.24, 2.45) is 5.41 Å². The molecule has 2 aliphatic rings. The molecule has 112 valence electrons. The van der Waals surface area contributed by atoms with Gasteiger partial charge in [-0.2, -0.15) is 0 Å². The lowest BCUT2D eigenvalue weighted by atomic mass is 9.76. The Hall–Kier alpha value is -1.21. The Bertz CT molecular complexity index is 797. The molecule has 0 saturated carbocycles. The predicted molar refractivity (Wildman–Crippen MR) is 96.6 cm³/mol. The molecule has 0 aromatic heterocycles. The largest absolute Gasteiger partial charge is 0.337 e. The van der Waals surface area contributed by atoms with Gasteiger partial charge < -0.3 is 4.52 Å². The fourth-order valence-electron chi connectivity index (χ4n) is 3.88. The van der Waals surface area contributed by atoms with Crippen molar-refractivity contribution >= 4 is 23.4 Å². The number of hydrogen-bond donors (Lipinski definition) is 0. The number of hydrogen-bond acceptors (Lipinski definition) is 2. The Balaban J connectivity index is 1.86. The van der Waals surface area contributed by atoms with Crippen molar-refractivity contribution in [1.29, 1.82) is 0 Å². The van der Waals surface area contributed by atoms with Crippen LogP contribution in [0.4, 0.5) is 0 Å². The van der Waals surface area contributed by atoms with E-state index in [0.717, 1.165) is 6.16 Å². The molecule has 3 atom stereocenters. The van der Waals surface area contributed by atoms with Crippen LogP contribution in [0.3, 0.4) is 0 Å². The summed E-state index contributed by atoms with van der Waals surface area (Å²) in [5.74, 6) is 0. The van der Waals surface area contributed by atoms with Crippen LogP contribution in [-0.2, 0) is 16.3 Å². The van der Waals surface area contributed by atoms with Crippen LogP contribution < -0.4 is 0 Å². The normalized spacial score (nSPS) is 33.5. The van der Waals surface area contributed by atoms with Gasteiger partial charge in [-0.25, -0.2) is 0 Å². The van der Waals surface area contributed by atoms with Gasteiger partial charge in [0.1, 0.15) is 0 Å². The van der Waals surface area contributed by atoms with E-state index in [9.17, 15) is 0 Å². The van der Waals surface area contributed by atoms with Gasteiger partial charge in [0.05, 0.1) is 12.4 Å². The summed E-state index contributed by atoms with van der Waals surface area (Å²) in [6.45, 7) is 4.58. The average molecular weight is 326 g/mol. The van der Waals surface area contributed by atoms with Gasteiger partial charge in [0.2, 0.25) is 0 Å². The van der Waals surface area contributed by atoms with E-state index in [1.54, 1.807) is 0 Å². The summed E-state index contributed by atoms with van der Waals surface area (Å²) in [7, 11) is 0. The highest BCUT2D eigenvalue weighted by molar-refractivity contribution is 8.17. The molecule has 2 aromatic carbocycles. The third-order valence-electron chi connectivity index (χ3n) is 5.09. The van der Waals surface area contributed by atoms with E-state index in [2.05, 4.69) is 74.5 Å². The maximum atomic E-state index is 6.54. The first-order valence-corrected chi connectivity index (χ1v) is 10.5. The Morgan fingerprint density at radius 2 is 1.64 bits per heavy atom. The summed E-state index contributed by atoms with van der Waals surface area (Å²) in [6, 6.07) is 21.1. The Morgan fingerprint density at radius 3 is 2.23 bits per heavy atom. The maximum absolute atomic E-state index is 6.54. The highest BCUT2D eigenvalue weighted by Gasteiger charge is 2.58. The summed E-state index contributed by atoms with van der Waals surface area (Å²) in [4.78, 5) is 0. The van der Waals surface area contributed by atoms with Gasteiger partial charge in [-0.3, -0.25) is 0 Å². The second kappa shape index (κ2) is 4.89. The topological polar surface area (TPSA) is 9.23 Å². The molecule has 2 aliphatic heterocycles. The number of benzene rings is 2. The van der Waals surface area contributed by atoms with Gasteiger partial charge in [-0.1, -0.05) is 85.0 Å². The molecule has 0 N–H and O–H groups in total. The van der Waals surface area contributed by atoms with Gasteiger partial charge in [-0.05, 0) is 18.1 Å². The molecule has 0 amide bonds. The zero-order valence-electron chi connectivity index (χ0n) is 12.8. The summed E-state index contributed by atoms with van der Waals surface area (Å²) < 4.78 is 6.54. The standard InChI is InChI=1S/C19H19OPS/c1-14-17(15-9-5-3-6-10-15)21(22)13-19(14,2)18(20-21)16-11-7-4-8-12-16/h3-12,18H,13H2,1-2H3/t18-,19+,21?/m0/s1. The molecular formula is C19H19OPS. The van der Waals surface area contributed by atoms with Crippen LogP contribution in [-0.4, -0.2) is 6.16 Å². The minimum atomic E-state index is -1.94. The molecule has 2 heterocycles. The fourth-order valence-corrected chi connectivity index (χ4v) is 9.28. The van der Waals surface area contributed by atoms with E-state index in [1.807, 2.05) is 0 Å². The van der Waals surface area contributed by atoms with E-state index in [0.29, 0.717) is 0 Å². The van der Waals surface area contributed by atoms with Crippen molar-refractivity contribution in [2.75, 3.05) is 6.16 Å². The highest BCUT2D eigenvalue weighted by atomic mass is 32.4. The first kappa shape index (κ1) is 14.4. The molecule has 0 spiro atoms. The monoisotopic (exact) mass is 326 g/mol. The molecular weight excluding hydrogens is 307 g/mol. The van der Waals surface area contributed by atoms with Gasteiger partial charge >= 0.3 is 0 Å². The van der Waals surface area contributed by atoms with Crippen molar-refractivity contribution in [3.8, 4) is 0 Å². The van der Waals surface area contributed by atoms with Crippen LogP contribution in [0.15, 0.2) is 66.2 Å². The first-order valence-electron chi connectivity index (χ1n) is 7.64. The zero-order valence-corrected chi connectivity index (χ0v) is 14.5. The van der Waals surface area contributed by atoms with E-state index < -0.39 is 6.26 Å². The van der Waals surface area contributed by atoms with Crippen molar-refractivity contribution in [3.63, 3.8) is 0 Å². The number of fused-ring (bicyclic) bond motifs is 2. The molecule has 1 fully saturated rings. The molecule has 0 aliphatic carbocycles. The van der Waals surface area contributed by atoms with Gasteiger partial charge in [-0.15, -0.1) is 0 Å². The molecule has 1 saturated heterocycles. The minimum absolute atomic E-state index is 0.0298. The Labute approximate surface area is 137 Å². The molecule has 1 nitrogen and oxygen atoms in total. The van der Waals surface area contributed by atoms with Crippen LogP contribution in [0.2, 0.25) is 0 Å². The van der Waals surface area contributed by atoms with Gasteiger partial charge in [0, 0.05) is 16.9 Å². The van der Waals surface area contributed by atoms with Gasteiger partial charge in [0.15, 0.2) is 0 Å². The lowest BCUT2D eigenvalue weighted by Gasteiger charge is -2.34. The fraction of sp³-hybridized carbons (Fsp3) is 0.263. The third kappa shape index (κ3) is 1.91. The Morgan fingerprint density at radius 1 is 1.05 bits per heavy atom. The molecule has 2 aromatic rings. The van der Waals surface area contributed by atoms with Crippen LogP contribution >= 0.6 is 6.26 Å².